The second-order valence-electron chi connectivity index (χ2n) is 6.95. The Morgan fingerprint density at radius 2 is 0.533 bits per heavy atom. The molecule has 0 amide bonds. The van der Waals surface area contributed by atoms with Crippen LogP contribution in [0.1, 0.15) is 25.7 Å². The molecule has 45 heavy (non-hydrogen) atoms. The molecule has 0 aliphatic rings. The maximum atomic E-state index is 10.0. The minimum absolute atomic E-state index is 0. The molecule has 33 heteroatoms. The SMILES string of the molecule is O=[PH]([O-])OCCCS(=O)(=O)O.O=[PH]([O-])OCCCS(=O)(=O)O.O=[PH]([O-])OCCCS(=O)(=O)O.O=[PH]([O-])OCCCS(=O)(=O)O.[Zr+4]. The zero-order chi connectivity index (χ0) is 35.6. The van der Waals surface area contributed by atoms with Gasteiger partial charge in [0.1, 0.15) is 33.0 Å². The van der Waals surface area contributed by atoms with E-state index in [4.69, 9.17) is 18.2 Å². The van der Waals surface area contributed by atoms with Gasteiger partial charge < -0.3 is 55.9 Å². The third kappa shape index (κ3) is 76.5. The summed E-state index contributed by atoms with van der Waals surface area (Å²) >= 11 is 0. The van der Waals surface area contributed by atoms with Crippen molar-refractivity contribution in [1.29, 1.82) is 0 Å². The smallest absolute Gasteiger partial charge is 0.781 e. The number of hydrogen-bond donors (Lipinski definition) is 4. The fourth-order valence-corrected chi connectivity index (χ4v) is 4.76. The van der Waals surface area contributed by atoms with Crippen LogP contribution in [0.2, 0.25) is 0 Å². The topological polar surface area (TPSA) is 415 Å². The van der Waals surface area contributed by atoms with E-state index in [0.29, 0.717) is 0 Å². The molecule has 0 heterocycles. The van der Waals surface area contributed by atoms with Crippen molar-refractivity contribution in [3.63, 3.8) is 0 Å². The van der Waals surface area contributed by atoms with Gasteiger partial charge in [0.05, 0.1) is 49.4 Å². The molecular formula is C12H32O24P4S4Zr. The maximum Gasteiger partial charge on any atom is 4.00 e. The molecule has 0 aromatic rings. The summed E-state index contributed by atoms with van der Waals surface area (Å²) in [6.07, 6.45) is -0.121. The van der Waals surface area contributed by atoms with Crippen LogP contribution in [0.3, 0.4) is 0 Å². The van der Waals surface area contributed by atoms with Crippen molar-refractivity contribution in [1.82, 2.24) is 0 Å². The molecule has 4 atom stereocenters. The quantitative estimate of drug-likeness (QED) is 0.0516. The molecule has 0 saturated carbocycles. The fraction of sp³-hybridized carbons (Fsp3) is 1.00. The average Bonchev–Trinajstić information content (AvgIpc) is 2.79. The first-order chi connectivity index (χ1) is 19.7. The minimum atomic E-state index is -3.99. The van der Waals surface area contributed by atoms with Gasteiger partial charge in [-0.05, 0) is 25.7 Å². The molecule has 0 fully saturated rings. The van der Waals surface area contributed by atoms with Gasteiger partial charge in [0.2, 0.25) is 0 Å². The van der Waals surface area contributed by atoms with Crippen LogP contribution in [0.25, 0.3) is 0 Å². The molecule has 0 aliphatic carbocycles. The molecule has 4 unspecified atom stereocenters. The summed E-state index contributed by atoms with van der Waals surface area (Å²) in [7, 11) is -28.9. The van der Waals surface area contributed by atoms with Crippen LogP contribution in [-0.4, -0.2) is 101 Å². The Balaban J connectivity index is -0.000000157. The molecule has 0 radical (unpaired) electrons. The van der Waals surface area contributed by atoms with E-state index in [2.05, 4.69) is 18.1 Å². The van der Waals surface area contributed by atoms with E-state index in [9.17, 15) is 71.5 Å². The summed E-state index contributed by atoms with van der Waals surface area (Å²) in [5.74, 6) is -1.94. The predicted molar refractivity (Wildman–Crippen MR) is 144 cm³/mol. The summed E-state index contributed by atoms with van der Waals surface area (Å²) in [5, 5.41) is 0. The Morgan fingerprint density at radius 3 is 0.622 bits per heavy atom. The molecule has 0 rings (SSSR count). The van der Waals surface area contributed by atoms with Crippen molar-refractivity contribution in [2.75, 3.05) is 49.4 Å². The van der Waals surface area contributed by atoms with Gasteiger partial charge in [-0.1, -0.05) is 0 Å². The third-order valence-electron chi connectivity index (χ3n) is 3.07. The van der Waals surface area contributed by atoms with Crippen LogP contribution < -0.4 is 19.6 Å². The van der Waals surface area contributed by atoms with E-state index in [0.717, 1.165) is 0 Å². The summed E-state index contributed by atoms with van der Waals surface area (Å²) in [5.41, 5.74) is 0. The minimum Gasteiger partial charge on any atom is -0.781 e. The Labute approximate surface area is 281 Å². The van der Waals surface area contributed by atoms with Crippen LogP contribution in [0, 0.1) is 0 Å². The molecule has 272 valence electrons. The van der Waals surface area contributed by atoms with Crippen molar-refractivity contribution >= 4 is 73.5 Å². The second kappa shape index (κ2) is 31.1. The molecule has 0 aliphatic heterocycles. The molecule has 0 spiro atoms. The van der Waals surface area contributed by atoms with Gasteiger partial charge in [0, 0.05) is 0 Å². The van der Waals surface area contributed by atoms with Gasteiger partial charge in [0.15, 0.2) is 0 Å². The van der Waals surface area contributed by atoms with Crippen LogP contribution in [0.4, 0.5) is 0 Å². The molecule has 0 aromatic carbocycles. The van der Waals surface area contributed by atoms with Crippen molar-refractivity contribution in [2.45, 2.75) is 25.7 Å². The monoisotopic (exact) mass is 902 g/mol. The first kappa shape index (κ1) is 55.5. The Bertz CT molecular complexity index is 1090. The zero-order valence-electron chi connectivity index (χ0n) is 22.6. The van der Waals surface area contributed by atoms with Gasteiger partial charge in [-0.25, -0.2) is 0 Å². The van der Waals surface area contributed by atoms with E-state index >= 15 is 0 Å². The van der Waals surface area contributed by atoms with E-state index in [1.54, 1.807) is 0 Å². The predicted octanol–water partition coefficient (Wildman–Crippen LogP) is -3.88. The Kier molecular flexibility index (Phi) is 38.4. The first-order valence-corrected chi connectivity index (χ1v) is 22.2. The van der Waals surface area contributed by atoms with Gasteiger partial charge in [0.25, 0.3) is 40.5 Å². The molecular weight excluding hydrogens is 871 g/mol. The Morgan fingerprint density at radius 1 is 0.400 bits per heavy atom. The molecule has 4 N–H and O–H groups in total. The first-order valence-electron chi connectivity index (χ1n) is 10.8. The van der Waals surface area contributed by atoms with Gasteiger partial charge >= 0.3 is 26.2 Å². The van der Waals surface area contributed by atoms with E-state index in [1.807, 2.05) is 0 Å². The normalized spacial score (nSPS) is 14.4. The van der Waals surface area contributed by atoms with Crippen LogP contribution >= 0.6 is 33.0 Å². The standard InChI is InChI=1S/4C3H9O6PS.Zr/c4*4-10(5)9-2-1-3-11(6,7)8;/h4*10H,1-3H2,(H,4,5)(H,6,7,8);/q;;;;+4/p-4. The summed E-state index contributed by atoms with van der Waals surface area (Å²) < 4.78 is 168. The molecule has 0 bridgehead atoms. The maximum absolute atomic E-state index is 10.0. The van der Waals surface area contributed by atoms with E-state index in [1.165, 1.54) is 0 Å². The fourth-order valence-electron chi connectivity index (χ4n) is 1.59. The van der Waals surface area contributed by atoms with Crippen LogP contribution in [0.5, 0.6) is 0 Å². The summed E-state index contributed by atoms with van der Waals surface area (Å²) in [6.45, 7) is -0.829. The number of hydrogen-bond acceptors (Lipinski definition) is 20. The van der Waals surface area contributed by atoms with E-state index in [-0.39, 0.29) is 78.3 Å². The summed E-state index contributed by atoms with van der Waals surface area (Å²) in [6, 6.07) is 0. The molecule has 24 nitrogen and oxygen atoms in total. The van der Waals surface area contributed by atoms with Crippen molar-refractivity contribution in [3.8, 4) is 0 Å². The van der Waals surface area contributed by atoms with Crippen LogP contribution in [-0.2, 0) is 103 Å². The molecule has 0 saturated heterocycles. The van der Waals surface area contributed by atoms with Crippen molar-refractivity contribution in [2.24, 2.45) is 0 Å². The second-order valence-corrected chi connectivity index (χ2v) is 16.4. The van der Waals surface area contributed by atoms with Crippen LogP contribution in [0.15, 0.2) is 0 Å². The number of rotatable bonds is 20. The average molecular weight is 904 g/mol. The largest absolute Gasteiger partial charge is 4.00 e. The van der Waals surface area contributed by atoms with Gasteiger partial charge in [-0.2, -0.15) is 33.7 Å². The zero-order valence-corrected chi connectivity index (χ0v) is 32.3. The van der Waals surface area contributed by atoms with Crippen molar-refractivity contribution in [3.05, 3.63) is 0 Å². The molecule has 0 aromatic heterocycles. The Hall–Kier alpha value is 1.12. The third-order valence-corrected chi connectivity index (χ3v) is 8.04. The van der Waals surface area contributed by atoms with Gasteiger partial charge in [-0.3, -0.25) is 18.2 Å². The van der Waals surface area contributed by atoms with Crippen molar-refractivity contribution < 1.29 is 134 Å². The van der Waals surface area contributed by atoms with Gasteiger partial charge in [-0.15, -0.1) is 0 Å². The van der Waals surface area contributed by atoms with E-state index < -0.39 is 96.5 Å². The summed E-state index contributed by atoms with van der Waals surface area (Å²) in [4.78, 5) is 39.1.